The molecule has 7 heteroatoms. The fourth-order valence-corrected chi connectivity index (χ4v) is 4.35. The van der Waals surface area contributed by atoms with E-state index in [0.717, 1.165) is 54.7 Å². The molecule has 2 N–H and O–H groups in total. The van der Waals surface area contributed by atoms with Gasteiger partial charge in [-0.1, -0.05) is 24.3 Å². The van der Waals surface area contributed by atoms with Gasteiger partial charge in [-0.3, -0.25) is 14.5 Å². The molecule has 0 radical (unpaired) electrons. The number of amides is 4. The van der Waals surface area contributed by atoms with Gasteiger partial charge in [0.1, 0.15) is 12.1 Å². The summed E-state index contributed by atoms with van der Waals surface area (Å²) in [7, 11) is 0. The number of hydrogen-bond donors (Lipinski definition) is 2. The number of nitrogens with zero attached hydrogens (tertiary/aromatic N) is 1. The van der Waals surface area contributed by atoms with Gasteiger partial charge in [0.25, 0.3) is 5.91 Å². The van der Waals surface area contributed by atoms with Crippen molar-refractivity contribution in [1.29, 1.82) is 0 Å². The molecule has 2 saturated heterocycles. The number of aryl methyl sites for hydroxylation is 1. The van der Waals surface area contributed by atoms with Gasteiger partial charge in [-0.25, -0.2) is 4.79 Å². The van der Waals surface area contributed by atoms with E-state index in [2.05, 4.69) is 10.6 Å². The van der Waals surface area contributed by atoms with Crippen molar-refractivity contribution in [3.05, 3.63) is 35.4 Å². The minimum atomic E-state index is -1.04. The van der Waals surface area contributed by atoms with Crippen LogP contribution in [0.4, 0.5) is 4.79 Å². The first-order valence-electron chi connectivity index (χ1n) is 9.71. The molecule has 4 amide bonds. The summed E-state index contributed by atoms with van der Waals surface area (Å²) in [6, 6.07) is 7.28. The number of carbonyl (C=O) groups excluding carboxylic acids is 3. The molecule has 7 nitrogen and oxygen atoms in total. The van der Waals surface area contributed by atoms with Crippen LogP contribution in [0.3, 0.4) is 0 Å². The Labute approximate surface area is 158 Å². The summed E-state index contributed by atoms with van der Waals surface area (Å²) in [5.74, 6) is -0.665. The highest BCUT2D eigenvalue weighted by Gasteiger charge is 2.53. The van der Waals surface area contributed by atoms with E-state index in [9.17, 15) is 14.4 Å². The zero-order valence-corrected chi connectivity index (χ0v) is 15.3. The topological polar surface area (TPSA) is 87.7 Å². The normalized spacial score (nSPS) is 27.4. The van der Waals surface area contributed by atoms with Crippen molar-refractivity contribution in [3.63, 3.8) is 0 Å². The zero-order valence-electron chi connectivity index (χ0n) is 15.3. The lowest BCUT2D eigenvalue weighted by Gasteiger charge is -2.27. The predicted molar refractivity (Wildman–Crippen MR) is 97.9 cm³/mol. The molecule has 144 valence electrons. The molecule has 4 rings (SSSR count). The van der Waals surface area contributed by atoms with E-state index in [1.54, 1.807) is 0 Å². The zero-order chi connectivity index (χ0) is 18.9. The Hall–Kier alpha value is -2.41. The summed E-state index contributed by atoms with van der Waals surface area (Å²) in [4.78, 5) is 39.1. The Morgan fingerprint density at radius 3 is 2.93 bits per heavy atom. The summed E-state index contributed by atoms with van der Waals surface area (Å²) in [6.45, 7) is 0.868. The predicted octanol–water partition coefficient (Wildman–Crippen LogP) is 1.46. The third kappa shape index (κ3) is 3.32. The highest BCUT2D eigenvalue weighted by Crippen LogP contribution is 2.38. The van der Waals surface area contributed by atoms with Crippen LogP contribution in [0, 0.1) is 0 Å². The van der Waals surface area contributed by atoms with Crippen LogP contribution in [0.15, 0.2) is 24.3 Å². The lowest BCUT2D eigenvalue weighted by atomic mass is 9.84. The van der Waals surface area contributed by atoms with Gasteiger partial charge in [-0.2, -0.15) is 0 Å². The number of benzene rings is 1. The van der Waals surface area contributed by atoms with Crippen LogP contribution in [-0.2, 0) is 26.3 Å². The third-order valence-electron chi connectivity index (χ3n) is 5.75. The molecule has 0 unspecified atom stereocenters. The average molecular weight is 371 g/mol. The Morgan fingerprint density at radius 2 is 2.11 bits per heavy atom. The monoisotopic (exact) mass is 371 g/mol. The largest absolute Gasteiger partial charge is 0.376 e. The molecule has 2 aliphatic heterocycles. The molecule has 0 bridgehead atoms. The maximum Gasteiger partial charge on any atom is 0.325 e. The van der Waals surface area contributed by atoms with E-state index in [4.69, 9.17) is 4.74 Å². The standard InChI is InChI=1S/C20H25N3O4/c24-17(21-12-15-8-5-11-27-15)13-23-18(25)20(22-19(23)26)10-4-3-7-14-6-1-2-9-16(14)20/h1-2,6,9,15H,3-5,7-8,10-13H2,(H,21,24)(H,22,26)/t15-,20-/m1/s1. The summed E-state index contributed by atoms with van der Waals surface area (Å²) in [5.41, 5.74) is 0.912. The van der Waals surface area contributed by atoms with E-state index < -0.39 is 11.6 Å². The smallest absolute Gasteiger partial charge is 0.325 e. The van der Waals surface area contributed by atoms with Crippen molar-refractivity contribution in [3.8, 4) is 0 Å². The molecule has 2 atom stereocenters. The summed E-state index contributed by atoms with van der Waals surface area (Å²) < 4.78 is 5.48. The highest BCUT2D eigenvalue weighted by molar-refractivity contribution is 6.09. The van der Waals surface area contributed by atoms with E-state index in [0.29, 0.717) is 13.0 Å². The first-order chi connectivity index (χ1) is 13.1. The van der Waals surface area contributed by atoms with Crippen LogP contribution in [0.25, 0.3) is 0 Å². The summed E-state index contributed by atoms with van der Waals surface area (Å²) in [5, 5.41) is 5.68. The van der Waals surface area contributed by atoms with E-state index in [-0.39, 0.29) is 24.5 Å². The first-order valence-corrected chi connectivity index (χ1v) is 9.71. The summed E-state index contributed by atoms with van der Waals surface area (Å²) >= 11 is 0. The van der Waals surface area contributed by atoms with Gasteiger partial charge < -0.3 is 15.4 Å². The van der Waals surface area contributed by atoms with Gasteiger partial charge in [0.15, 0.2) is 0 Å². The second kappa shape index (κ2) is 7.31. The fraction of sp³-hybridized carbons (Fsp3) is 0.550. The molecule has 3 aliphatic rings. The van der Waals surface area contributed by atoms with Crippen molar-refractivity contribution < 1.29 is 19.1 Å². The Bertz CT molecular complexity index is 759. The van der Waals surface area contributed by atoms with Gasteiger partial charge in [-0.15, -0.1) is 0 Å². The molecule has 1 aliphatic carbocycles. The average Bonchev–Trinajstić information content (AvgIpc) is 3.21. The van der Waals surface area contributed by atoms with E-state index in [1.165, 1.54) is 0 Å². The number of rotatable bonds is 4. The number of imide groups is 1. The molecule has 1 aromatic rings. The van der Waals surface area contributed by atoms with Crippen molar-refractivity contribution in [2.24, 2.45) is 0 Å². The Balaban J connectivity index is 1.49. The van der Waals surface area contributed by atoms with Gasteiger partial charge in [0, 0.05) is 13.2 Å². The van der Waals surface area contributed by atoms with Crippen LogP contribution in [0.1, 0.15) is 43.2 Å². The van der Waals surface area contributed by atoms with Gasteiger partial charge in [0.2, 0.25) is 5.91 Å². The third-order valence-corrected chi connectivity index (χ3v) is 5.75. The van der Waals surface area contributed by atoms with Crippen molar-refractivity contribution in [2.75, 3.05) is 19.7 Å². The molecular formula is C20H25N3O4. The van der Waals surface area contributed by atoms with Crippen LogP contribution >= 0.6 is 0 Å². The van der Waals surface area contributed by atoms with E-state index >= 15 is 0 Å². The molecule has 0 saturated carbocycles. The first kappa shape index (κ1) is 18.0. The van der Waals surface area contributed by atoms with Crippen molar-refractivity contribution in [2.45, 2.75) is 50.2 Å². The van der Waals surface area contributed by atoms with Crippen LogP contribution in [0.5, 0.6) is 0 Å². The number of hydrogen-bond acceptors (Lipinski definition) is 4. The van der Waals surface area contributed by atoms with Crippen LogP contribution < -0.4 is 10.6 Å². The summed E-state index contributed by atoms with van der Waals surface area (Å²) in [6.07, 6.45) is 5.21. The molecule has 1 aromatic carbocycles. The quantitative estimate of drug-likeness (QED) is 0.785. The van der Waals surface area contributed by atoms with Crippen LogP contribution in [-0.4, -0.2) is 48.5 Å². The Kier molecular flexibility index (Phi) is 4.86. The number of nitrogens with one attached hydrogen (secondary N) is 2. The maximum atomic E-state index is 13.2. The SMILES string of the molecule is O=C(CN1C(=O)N[C@@]2(CCCCc3ccccc32)C1=O)NC[C@H]1CCCO1. The van der Waals surface area contributed by atoms with Gasteiger partial charge in [-0.05, 0) is 49.7 Å². The maximum absolute atomic E-state index is 13.2. The molecule has 1 spiro atoms. The van der Waals surface area contributed by atoms with Gasteiger partial charge >= 0.3 is 6.03 Å². The molecule has 2 fully saturated rings. The molecule has 27 heavy (non-hydrogen) atoms. The second-order valence-electron chi connectivity index (χ2n) is 7.53. The number of fused-ring (bicyclic) bond motifs is 2. The highest BCUT2D eigenvalue weighted by atomic mass is 16.5. The van der Waals surface area contributed by atoms with Crippen molar-refractivity contribution in [1.82, 2.24) is 15.5 Å². The number of ether oxygens (including phenoxy) is 1. The van der Waals surface area contributed by atoms with E-state index in [1.807, 2.05) is 24.3 Å². The molecular weight excluding hydrogens is 346 g/mol. The lowest BCUT2D eigenvalue weighted by Crippen LogP contribution is -2.46. The minimum Gasteiger partial charge on any atom is -0.376 e. The fourth-order valence-electron chi connectivity index (χ4n) is 4.35. The molecule has 0 aromatic heterocycles. The lowest BCUT2D eigenvalue weighted by molar-refractivity contribution is -0.135. The Morgan fingerprint density at radius 1 is 1.26 bits per heavy atom. The van der Waals surface area contributed by atoms with Crippen LogP contribution in [0.2, 0.25) is 0 Å². The minimum absolute atomic E-state index is 0.0251. The molecule has 2 heterocycles. The number of carbonyl (C=O) groups is 3. The number of urea groups is 1. The van der Waals surface area contributed by atoms with Gasteiger partial charge in [0.05, 0.1) is 6.10 Å². The van der Waals surface area contributed by atoms with Crippen molar-refractivity contribution >= 4 is 17.8 Å². The second-order valence-corrected chi connectivity index (χ2v) is 7.53.